The summed E-state index contributed by atoms with van der Waals surface area (Å²) in [5.74, 6) is 0. The summed E-state index contributed by atoms with van der Waals surface area (Å²) >= 11 is 0. The highest BCUT2D eigenvalue weighted by atomic mass is 16.5. The van der Waals surface area contributed by atoms with Gasteiger partial charge in [-0.05, 0) is 20.3 Å². The largest absolute Gasteiger partial charge is 0.389 e. The Labute approximate surface area is 87.8 Å². The topological polar surface area (TPSA) is 41.5 Å². The Kier molecular flexibility index (Phi) is 9.35. The lowest BCUT2D eigenvalue weighted by atomic mass is 10.1. The molecule has 0 aliphatic carbocycles. The molecular weight excluding hydrogens is 178 g/mol. The van der Waals surface area contributed by atoms with E-state index in [9.17, 15) is 5.11 Å². The minimum atomic E-state index is -0.376. The monoisotopic (exact) mass is 203 g/mol. The highest BCUT2D eigenvalue weighted by molar-refractivity contribution is 4.64. The molecule has 3 heteroatoms. The number of ether oxygens (including phenoxy) is 1. The van der Waals surface area contributed by atoms with Crippen molar-refractivity contribution in [2.45, 2.75) is 52.2 Å². The van der Waals surface area contributed by atoms with Crippen LogP contribution < -0.4 is 5.32 Å². The van der Waals surface area contributed by atoms with E-state index in [0.717, 1.165) is 0 Å². The average Bonchev–Trinajstić information content (AvgIpc) is 2.20. The molecule has 0 saturated heterocycles. The van der Waals surface area contributed by atoms with Crippen molar-refractivity contribution < 1.29 is 9.84 Å². The van der Waals surface area contributed by atoms with Crippen LogP contribution in [0.25, 0.3) is 0 Å². The Balaban J connectivity index is 3.31. The highest BCUT2D eigenvalue weighted by Gasteiger charge is 2.06. The van der Waals surface area contributed by atoms with Crippen molar-refractivity contribution in [3.63, 3.8) is 0 Å². The maximum atomic E-state index is 9.47. The summed E-state index contributed by atoms with van der Waals surface area (Å²) in [7, 11) is 0. The fraction of sp³-hybridized carbons (Fsp3) is 1.00. The van der Waals surface area contributed by atoms with E-state index in [2.05, 4.69) is 19.2 Å². The van der Waals surface area contributed by atoms with Crippen LogP contribution in [0, 0.1) is 0 Å². The number of aliphatic hydroxyl groups is 1. The van der Waals surface area contributed by atoms with Crippen molar-refractivity contribution >= 4 is 0 Å². The lowest BCUT2D eigenvalue weighted by molar-refractivity contribution is 0.0415. The molecule has 0 bridgehead atoms. The molecule has 2 N–H and O–H groups in total. The van der Waals surface area contributed by atoms with Gasteiger partial charge in [-0.15, -0.1) is 0 Å². The summed E-state index contributed by atoms with van der Waals surface area (Å²) in [6, 6.07) is 0.492. The van der Waals surface area contributed by atoms with E-state index in [4.69, 9.17) is 4.74 Å². The summed E-state index contributed by atoms with van der Waals surface area (Å²) in [6.07, 6.45) is 3.28. The SMILES string of the molecule is CCCCC(C)NCC(O)COCC. The third-order valence-electron chi connectivity index (χ3n) is 2.21. The molecule has 0 aromatic heterocycles. The van der Waals surface area contributed by atoms with Gasteiger partial charge in [0.25, 0.3) is 0 Å². The summed E-state index contributed by atoms with van der Waals surface area (Å²) < 4.78 is 5.12. The Morgan fingerprint density at radius 3 is 2.64 bits per heavy atom. The molecule has 0 aromatic carbocycles. The number of nitrogens with one attached hydrogen (secondary N) is 1. The normalized spacial score (nSPS) is 15.4. The second kappa shape index (κ2) is 9.44. The zero-order valence-electron chi connectivity index (χ0n) is 9.75. The summed E-state index contributed by atoms with van der Waals surface area (Å²) in [5.41, 5.74) is 0. The molecule has 0 amide bonds. The number of rotatable bonds is 9. The molecule has 2 atom stereocenters. The smallest absolute Gasteiger partial charge is 0.0897 e. The first-order valence-corrected chi connectivity index (χ1v) is 5.69. The fourth-order valence-electron chi connectivity index (χ4n) is 1.26. The summed E-state index contributed by atoms with van der Waals surface area (Å²) in [4.78, 5) is 0. The molecule has 0 aromatic rings. The summed E-state index contributed by atoms with van der Waals surface area (Å²) in [5, 5.41) is 12.8. The minimum Gasteiger partial charge on any atom is -0.389 e. The van der Waals surface area contributed by atoms with E-state index in [1.807, 2.05) is 6.92 Å². The number of hydrogen-bond donors (Lipinski definition) is 2. The molecule has 0 saturated carbocycles. The van der Waals surface area contributed by atoms with Crippen LogP contribution in [-0.2, 0) is 4.74 Å². The van der Waals surface area contributed by atoms with Crippen LogP contribution in [0.1, 0.15) is 40.0 Å². The first-order chi connectivity index (χ1) is 6.70. The zero-order valence-corrected chi connectivity index (χ0v) is 9.75. The fourth-order valence-corrected chi connectivity index (χ4v) is 1.26. The van der Waals surface area contributed by atoms with Crippen molar-refractivity contribution in [3.8, 4) is 0 Å². The molecule has 0 radical (unpaired) electrons. The summed E-state index contributed by atoms with van der Waals surface area (Å²) in [6.45, 7) is 8.01. The van der Waals surface area contributed by atoms with Crippen LogP contribution in [0.15, 0.2) is 0 Å². The predicted octanol–water partition coefficient (Wildman–Crippen LogP) is 1.55. The van der Waals surface area contributed by atoms with Crippen LogP contribution >= 0.6 is 0 Å². The molecule has 0 aliphatic heterocycles. The van der Waals surface area contributed by atoms with Crippen LogP contribution in [0.4, 0.5) is 0 Å². The number of aliphatic hydroxyl groups excluding tert-OH is 1. The molecule has 86 valence electrons. The van der Waals surface area contributed by atoms with Gasteiger partial charge in [0.05, 0.1) is 12.7 Å². The van der Waals surface area contributed by atoms with Crippen molar-refractivity contribution in [1.82, 2.24) is 5.32 Å². The lowest BCUT2D eigenvalue weighted by Crippen LogP contribution is -2.35. The molecular formula is C11H25NO2. The Morgan fingerprint density at radius 2 is 2.07 bits per heavy atom. The molecule has 0 heterocycles. The van der Waals surface area contributed by atoms with Crippen molar-refractivity contribution in [2.75, 3.05) is 19.8 Å². The Morgan fingerprint density at radius 1 is 1.36 bits per heavy atom. The van der Waals surface area contributed by atoms with Crippen LogP contribution in [0.3, 0.4) is 0 Å². The van der Waals surface area contributed by atoms with Crippen LogP contribution in [-0.4, -0.2) is 37.0 Å². The minimum absolute atomic E-state index is 0.376. The van der Waals surface area contributed by atoms with E-state index in [0.29, 0.717) is 25.8 Å². The van der Waals surface area contributed by atoms with E-state index < -0.39 is 0 Å². The first kappa shape index (κ1) is 13.9. The van der Waals surface area contributed by atoms with Gasteiger partial charge in [0.15, 0.2) is 0 Å². The highest BCUT2D eigenvalue weighted by Crippen LogP contribution is 1.99. The van der Waals surface area contributed by atoms with Gasteiger partial charge in [-0.25, -0.2) is 0 Å². The van der Waals surface area contributed by atoms with E-state index in [1.54, 1.807) is 0 Å². The van der Waals surface area contributed by atoms with Crippen LogP contribution in [0.5, 0.6) is 0 Å². The van der Waals surface area contributed by atoms with E-state index in [-0.39, 0.29) is 6.10 Å². The van der Waals surface area contributed by atoms with Gasteiger partial charge in [-0.2, -0.15) is 0 Å². The van der Waals surface area contributed by atoms with Crippen LogP contribution in [0.2, 0.25) is 0 Å². The Bertz CT molecular complexity index is 106. The maximum absolute atomic E-state index is 9.47. The molecule has 0 spiro atoms. The van der Waals surface area contributed by atoms with E-state index >= 15 is 0 Å². The van der Waals surface area contributed by atoms with Gasteiger partial charge in [0.1, 0.15) is 0 Å². The molecule has 3 nitrogen and oxygen atoms in total. The molecule has 0 fully saturated rings. The van der Waals surface area contributed by atoms with Gasteiger partial charge >= 0.3 is 0 Å². The van der Waals surface area contributed by atoms with Gasteiger partial charge in [0, 0.05) is 19.2 Å². The second-order valence-corrected chi connectivity index (χ2v) is 3.76. The molecule has 2 unspecified atom stereocenters. The van der Waals surface area contributed by atoms with Crippen molar-refractivity contribution in [1.29, 1.82) is 0 Å². The number of unbranched alkanes of at least 4 members (excludes halogenated alkanes) is 1. The second-order valence-electron chi connectivity index (χ2n) is 3.76. The van der Waals surface area contributed by atoms with Crippen molar-refractivity contribution in [2.24, 2.45) is 0 Å². The Hall–Kier alpha value is -0.120. The van der Waals surface area contributed by atoms with Gasteiger partial charge in [-0.1, -0.05) is 19.8 Å². The first-order valence-electron chi connectivity index (χ1n) is 5.69. The number of hydrogen-bond acceptors (Lipinski definition) is 3. The molecule has 14 heavy (non-hydrogen) atoms. The lowest BCUT2D eigenvalue weighted by Gasteiger charge is -2.16. The third-order valence-corrected chi connectivity index (χ3v) is 2.21. The van der Waals surface area contributed by atoms with Gasteiger partial charge < -0.3 is 15.2 Å². The van der Waals surface area contributed by atoms with Gasteiger partial charge in [-0.3, -0.25) is 0 Å². The quantitative estimate of drug-likeness (QED) is 0.597. The third kappa shape index (κ3) is 8.48. The van der Waals surface area contributed by atoms with Gasteiger partial charge in [0.2, 0.25) is 0 Å². The molecule has 0 aliphatic rings. The standard InChI is InChI=1S/C11H25NO2/c1-4-6-7-10(3)12-8-11(13)9-14-5-2/h10-13H,4-9H2,1-3H3. The molecule has 0 rings (SSSR count). The van der Waals surface area contributed by atoms with Crippen molar-refractivity contribution in [3.05, 3.63) is 0 Å². The average molecular weight is 203 g/mol. The maximum Gasteiger partial charge on any atom is 0.0897 e. The predicted molar refractivity (Wildman–Crippen MR) is 59.5 cm³/mol. The zero-order chi connectivity index (χ0) is 10.8. The van der Waals surface area contributed by atoms with E-state index in [1.165, 1.54) is 19.3 Å².